The first-order chi connectivity index (χ1) is 14.7. The third-order valence-corrected chi connectivity index (χ3v) is 4.98. The summed E-state index contributed by atoms with van der Waals surface area (Å²) in [5.41, 5.74) is 3.48. The molecule has 0 spiro atoms. The molecule has 0 saturated heterocycles. The molecule has 1 aromatic carbocycles. The first kappa shape index (κ1) is 28.5. The van der Waals surface area contributed by atoms with Crippen molar-refractivity contribution in [3.05, 3.63) is 40.7 Å². The van der Waals surface area contributed by atoms with Crippen molar-refractivity contribution in [2.75, 3.05) is 20.7 Å². The second-order valence-electron chi connectivity index (χ2n) is 7.41. The summed E-state index contributed by atoms with van der Waals surface area (Å²) in [6.45, 7) is 5.89. The highest BCUT2D eigenvalue weighted by Gasteiger charge is 2.40. The molecule has 176 valence electrons. The van der Waals surface area contributed by atoms with E-state index in [9.17, 15) is 23.8 Å². The van der Waals surface area contributed by atoms with Gasteiger partial charge in [-0.2, -0.15) is 4.39 Å². The topological polar surface area (TPSA) is 122 Å². The number of rotatable bonds is 7. The number of phenolic OH excluding ortho intramolecular Hbond substituents is 1. The summed E-state index contributed by atoms with van der Waals surface area (Å²) in [6, 6.07) is 2.21. The maximum atomic E-state index is 14.2. The van der Waals surface area contributed by atoms with E-state index >= 15 is 0 Å². The largest absolute Gasteiger partial charge is 0.510 e. The Hall–Kier alpha value is -2.52. The van der Waals surface area contributed by atoms with Gasteiger partial charge in [0, 0.05) is 6.42 Å². The average molecular weight is 445 g/mol. The van der Waals surface area contributed by atoms with Crippen LogP contribution in [0.15, 0.2) is 23.5 Å². The predicted molar refractivity (Wildman–Crippen MR) is 115 cm³/mol. The number of ether oxygens (including phenoxy) is 1. The third kappa shape index (κ3) is 7.29. The molecule has 1 aliphatic rings. The second kappa shape index (κ2) is 13.7. The maximum Gasteiger partial charge on any atom is 0.337 e. The Balaban J connectivity index is 0.00000212. The zero-order chi connectivity index (χ0) is 24.2. The molecule has 5 N–H and O–H groups in total. The third-order valence-electron chi connectivity index (χ3n) is 4.98. The number of halogens is 2. The number of phenols is 1. The number of benzene rings is 1. The quantitative estimate of drug-likeness (QED) is 0.289. The SMILES string of the molecule is C=O.CN.CNC1(/C(O)=C(\Cc2ccc(O)c(F)c2F)C(=O)OCC(C)C)CCCC1. The van der Waals surface area contributed by atoms with Gasteiger partial charge in [0.05, 0.1) is 17.7 Å². The van der Waals surface area contributed by atoms with Crippen molar-refractivity contribution in [1.29, 1.82) is 0 Å². The molecule has 0 aromatic heterocycles. The van der Waals surface area contributed by atoms with E-state index in [0.717, 1.165) is 18.9 Å². The van der Waals surface area contributed by atoms with E-state index in [1.807, 2.05) is 20.6 Å². The zero-order valence-electron chi connectivity index (χ0n) is 18.6. The number of hydrogen-bond donors (Lipinski definition) is 4. The summed E-state index contributed by atoms with van der Waals surface area (Å²) in [5.74, 6) is -4.30. The lowest BCUT2D eigenvalue weighted by Crippen LogP contribution is -2.43. The van der Waals surface area contributed by atoms with E-state index in [1.165, 1.54) is 13.1 Å². The number of aliphatic hydroxyl groups excluding tert-OH is 1. The van der Waals surface area contributed by atoms with Crippen LogP contribution in [-0.4, -0.2) is 49.2 Å². The second-order valence-corrected chi connectivity index (χ2v) is 7.41. The van der Waals surface area contributed by atoms with E-state index < -0.39 is 28.9 Å². The lowest BCUT2D eigenvalue weighted by atomic mass is 9.89. The number of likely N-dealkylation sites (N-methyl/N-ethyl adjacent to an activating group) is 1. The average Bonchev–Trinajstić information content (AvgIpc) is 3.28. The first-order valence-corrected chi connectivity index (χ1v) is 10.0. The van der Waals surface area contributed by atoms with E-state index in [0.29, 0.717) is 12.8 Å². The fourth-order valence-corrected chi connectivity index (χ4v) is 3.36. The Morgan fingerprint density at radius 2 is 1.77 bits per heavy atom. The Labute approximate surface area is 182 Å². The van der Waals surface area contributed by atoms with Crippen LogP contribution in [0.4, 0.5) is 8.78 Å². The number of nitrogens with two attached hydrogens (primary N) is 1. The molecule has 1 aromatic rings. The summed E-state index contributed by atoms with van der Waals surface area (Å²) in [7, 11) is 3.19. The Morgan fingerprint density at radius 3 is 2.26 bits per heavy atom. The molecule has 0 amide bonds. The van der Waals surface area contributed by atoms with Crippen molar-refractivity contribution in [3.8, 4) is 5.75 Å². The maximum absolute atomic E-state index is 14.2. The molecule has 0 bridgehead atoms. The molecule has 31 heavy (non-hydrogen) atoms. The van der Waals surface area contributed by atoms with Gasteiger partial charge in [0.1, 0.15) is 12.5 Å². The van der Waals surface area contributed by atoms with Crippen LogP contribution in [0.25, 0.3) is 0 Å². The van der Waals surface area contributed by atoms with Crippen molar-refractivity contribution in [1.82, 2.24) is 5.32 Å². The molecule has 0 heterocycles. The van der Waals surface area contributed by atoms with Gasteiger partial charge in [-0.15, -0.1) is 0 Å². The van der Waals surface area contributed by atoms with E-state index in [-0.39, 0.29) is 35.8 Å². The van der Waals surface area contributed by atoms with E-state index in [1.54, 1.807) is 7.05 Å². The van der Waals surface area contributed by atoms with Crippen molar-refractivity contribution in [2.45, 2.75) is 51.5 Å². The van der Waals surface area contributed by atoms with Crippen LogP contribution >= 0.6 is 0 Å². The van der Waals surface area contributed by atoms with Crippen LogP contribution in [0.5, 0.6) is 5.75 Å². The Kier molecular flexibility index (Phi) is 12.6. The van der Waals surface area contributed by atoms with Crippen molar-refractivity contribution in [3.63, 3.8) is 0 Å². The summed E-state index contributed by atoms with van der Waals surface area (Å²) in [4.78, 5) is 20.6. The van der Waals surface area contributed by atoms with E-state index in [2.05, 4.69) is 11.1 Å². The zero-order valence-corrected chi connectivity index (χ0v) is 18.6. The van der Waals surface area contributed by atoms with Gasteiger partial charge in [0.2, 0.25) is 5.82 Å². The molecule has 7 nitrogen and oxygen atoms in total. The minimum Gasteiger partial charge on any atom is -0.510 e. The summed E-state index contributed by atoms with van der Waals surface area (Å²) in [6.07, 6.45) is 2.67. The number of aromatic hydroxyl groups is 1. The Morgan fingerprint density at radius 1 is 1.23 bits per heavy atom. The van der Waals surface area contributed by atoms with Gasteiger partial charge < -0.3 is 30.8 Å². The normalized spacial score (nSPS) is 15.2. The Bertz CT molecular complexity index is 748. The van der Waals surface area contributed by atoms with Gasteiger partial charge in [-0.3, -0.25) is 0 Å². The van der Waals surface area contributed by atoms with Crippen LogP contribution in [0, 0.1) is 17.6 Å². The molecule has 0 radical (unpaired) electrons. The highest BCUT2D eigenvalue weighted by atomic mass is 19.2. The minimum atomic E-state index is -1.38. The van der Waals surface area contributed by atoms with Crippen LogP contribution in [0.2, 0.25) is 0 Å². The molecule has 0 aliphatic heterocycles. The van der Waals surface area contributed by atoms with Gasteiger partial charge in [-0.05, 0) is 44.5 Å². The van der Waals surface area contributed by atoms with Gasteiger partial charge >= 0.3 is 5.97 Å². The van der Waals surface area contributed by atoms with Gasteiger partial charge in [0.25, 0.3) is 0 Å². The number of hydrogen-bond acceptors (Lipinski definition) is 7. The summed E-state index contributed by atoms with van der Waals surface area (Å²) < 4.78 is 33.2. The van der Waals surface area contributed by atoms with Crippen molar-refractivity contribution in [2.24, 2.45) is 11.7 Å². The minimum absolute atomic E-state index is 0.0879. The van der Waals surface area contributed by atoms with Gasteiger partial charge in [-0.25, -0.2) is 9.18 Å². The summed E-state index contributed by atoms with van der Waals surface area (Å²) >= 11 is 0. The first-order valence-electron chi connectivity index (χ1n) is 10.0. The smallest absolute Gasteiger partial charge is 0.337 e. The number of carbonyl (C=O) groups excluding carboxylic acids is 2. The van der Waals surface area contributed by atoms with Crippen LogP contribution in [-0.2, 0) is 20.7 Å². The van der Waals surface area contributed by atoms with Crippen LogP contribution in [0.1, 0.15) is 45.1 Å². The molecular formula is C22H34F2N2O5. The fourth-order valence-electron chi connectivity index (χ4n) is 3.36. The number of esters is 1. The number of aliphatic hydroxyl groups is 1. The summed E-state index contributed by atoms with van der Waals surface area (Å²) in [5, 5.41) is 23.3. The van der Waals surface area contributed by atoms with E-state index in [4.69, 9.17) is 9.53 Å². The molecular weight excluding hydrogens is 410 g/mol. The van der Waals surface area contributed by atoms with Crippen LogP contribution < -0.4 is 11.1 Å². The van der Waals surface area contributed by atoms with Crippen LogP contribution in [0.3, 0.4) is 0 Å². The number of carbonyl (C=O) groups is 2. The molecule has 1 aliphatic carbocycles. The monoisotopic (exact) mass is 444 g/mol. The van der Waals surface area contributed by atoms with Gasteiger partial charge in [-0.1, -0.05) is 32.8 Å². The van der Waals surface area contributed by atoms with Gasteiger partial charge in [0.15, 0.2) is 11.6 Å². The highest BCUT2D eigenvalue weighted by Crippen LogP contribution is 2.37. The molecule has 1 fully saturated rings. The molecule has 1 saturated carbocycles. The molecule has 0 unspecified atom stereocenters. The fraction of sp³-hybridized carbons (Fsp3) is 0.545. The molecule has 0 atom stereocenters. The van der Waals surface area contributed by atoms with Crippen molar-refractivity contribution >= 4 is 12.8 Å². The standard InChI is InChI=1S/C20H27F2NO4.CH5N.CH2O/c1-12(2)11-27-19(26)14(18(25)20(23-3)8-4-5-9-20)10-13-6-7-15(24)17(22)16(13)21;2*1-2/h6-7,12,23-25H,4-5,8-11H2,1-3H3;2H2,1H3;1H2/b18-14-;;. The van der Waals surface area contributed by atoms with Crippen molar-refractivity contribution < 1.29 is 33.3 Å². The molecule has 2 rings (SSSR count). The lowest BCUT2D eigenvalue weighted by molar-refractivity contribution is -0.140. The highest BCUT2D eigenvalue weighted by molar-refractivity contribution is 5.90. The predicted octanol–water partition coefficient (Wildman–Crippen LogP) is 3.15. The number of nitrogens with one attached hydrogen (secondary N) is 1. The molecule has 9 heteroatoms. The lowest BCUT2D eigenvalue weighted by Gasteiger charge is -2.29.